The van der Waals surface area contributed by atoms with Crippen LogP contribution in [0.25, 0.3) is 0 Å². The Labute approximate surface area is 125 Å². The van der Waals surface area contributed by atoms with Gasteiger partial charge in [0.05, 0.1) is 0 Å². The van der Waals surface area contributed by atoms with Crippen molar-refractivity contribution in [3.05, 3.63) is 29.6 Å². The van der Waals surface area contributed by atoms with Crippen molar-refractivity contribution in [2.24, 2.45) is 0 Å². The molecular formula is C17H26F3N. The van der Waals surface area contributed by atoms with E-state index in [1.165, 1.54) is 0 Å². The summed E-state index contributed by atoms with van der Waals surface area (Å²) < 4.78 is 39.5. The normalized spacial score (nSPS) is 11.1. The Hall–Kier alpha value is -1.19. The zero-order valence-electron chi connectivity index (χ0n) is 13.0. The van der Waals surface area contributed by atoms with Gasteiger partial charge in [-0.1, -0.05) is 52.4 Å². The molecule has 120 valence electrons. The number of hydrogen-bond donors (Lipinski definition) is 1. The summed E-state index contributed by atoms with van der Waals surface area (Å²) in [6, 6.07) is 2.25. The Kier molecular flexibility index (Phi) is 8.24. The van der Waals surface area contributed by atoms with Crippen molar-refractivity contribution in [1.82, 2.24) is 0 Å². The molecule has 1 nitrogen and oxygen atoms in total. The quantitative estimate of drug-likeness (QED) is 0.410. The van der Waals surface area contributed by atoms with E-state index in [0.29, 0.717) is 5.69 Å². The number of anilines is 1. The molecule has 0 aliphatic rings. The highest BCUT2D eigenvalue weighted by Gasteiger charge is 2.13. The highest BCUT2D eigenvalue weighted by Crippen LogP contribution is 2.21. The third-order valence-corrected chi connectivity index (χ3v) is 3.67. The summed E-state index contributed by atoms with van der Waals surface area (Å²) in [7, 11) is 0. The molecule has 0 bridgehead atoms. The predicted octanol–water partition coefficient (Wildman–Crippen LogP) is 6.05. The second kappa shape index (κ2) is 9.69. The average Bonchev–Trinajstić information content (AvgIpc) is 2.45. The van der Waals surface area contributed by atoms with E-state index in [2.05, 4.69) is 19.2 Å². The van der Waals surface area contributed by atoms with Gasteiger partial charge in [-0.05, 0) is 12.8 Å². The first kappa shape index (κ1) is 17.9. The van der Waals surface area contributed by atoms with Crippen LogP contribution in [-0.2, 0) is 0 Å². The van der Waals surface area contributed by atoms with E-state index in [1.54, 1.807) is 0 Å². The van der Waals surface area contributed by atoms with Gasteiger partial charge in [-0.3, -0.25) is 0 Å². The fourth-order valence-corrected chi connectivity index (χ4v) is 2.44. The zero-order valence-corrected chi connectivity index (χ0v) is 13.0. The van der Waals surface area contributed by atoms with Gasteiger partial charge in [0.1, 0.15) is 0 Å². The molecule has 1 N–H and O–H groups in total. The standard InChI is InChI=1S/C17H26F3N/c1-3-5-7-9-13(10-8-6-4-2)21-14-11-15(18)17(20)16(19)12-14/h11-13,21H,3-10H2,1-2H3. The molecule has 1 rings (SSSR count). The number of rotatable bonds is 10. The van der Waals surface area contributed by atoms with Gasteiger partial charge in [0.15, 0.2) is 17.5 Å². The van der Waals surface area contributed by atoms with Crippen molar-refractivity contribution in [3.63, 3.8) is 0 Å². The molecule has 0 fully saturated rings. The van der Waals surface area contributed by atoms with Crippen LogP contribution in [0.4, 0.5) is 18.9 Å². The van der Waals surface area contributed by atoms with Crippen LogP contribution >= 0.6 is 0 Å². The predicted molar refractivity (Wildman–Crippen MR) is 82.0 cm³/mol. The molecule has 0 aliphatic heterocycles. The van der Waals surface area contributed by atoms with Crippen molar-refractivity contribution >= 4 is 5.69 Å². The van der Waals surface area contributed by atoms with Gasteiger partial charge in [0.25, 0.3) is 0 Å². The maximum atomic E-state index is 13.2. The highest BCUT2D eigenvalue weighted by atomic mass is 19.2. The molecule has 0 atom stereocenters. The fourth-order valence-electron chi connectivity index (χ4n) is 2.44. The summed E-state index contributed by atoms with van der Waals surface area (Å²) in [6.07, 6.45) is 8.70. The van der Waals surface area contributed by atoms with E-state index >= 15 is 0 Å². The van der Waals surface area contributed by atoms with Crippen LogP contribution in [0.15, 0.2) is 12.1 Å². The molecule has 4 heteroatoms. The zero-order chi connectivity index (χ0) is 15.7. The molecule has 21 heavy (non-hydrogen) atoms. The van der Waals surface area contributed by atoms with E-state index in [4.69, 9.17) is 0 Å². The van der Waals surface area contributed by atoms with Gasteiger partial charge in [0.2, 0.25) is 0 Å². The van der Waals surface area contributed by atoms with E-state index in [0.717, 1.165) is 63.5 Å². The number of unbranched alkanes of at least 4 members (excludes halogenated alkanes) is 4. The Balaban J connectivity index is 2.65. The molecule has 0 aliphatic carbocycles. The summed E-state index contributed by atoms with van der Waals surface area (Å²) >= 11 is 0. The monoisotopic (exact) mass is 301 g/mol. The lowest BCUT2D eigenvalue weighted by molar-refractivity contribution is 0.447. The van der Waals surface area contributed by atoms with Crippen molar-refractivity contribution in [2.45, 2.75) is 71.3 Å². The number of hydrogen-bond acceptors (Lipinski definition) is 1. The molecule has 0 saturated carbocycles. The number of nitrogens with one attached hydrogen (secondary N) is 1. The minimum Gasteiger partial charge on any atom is -0.382 e. The molecule has 0 heterocycles. The van der Waals surface area contributed by atoms with Gasteiger partial charge in [-0.25, -0.2) is 13.2 Å². The Bertz CT molecular complexity index is 387. The topological polar surface area (TPSA) is 12.0 Å². The summed E-state index contributed by atoms with van der Waals surface area (Å²) in [5.74, 6) is -3.69. The van der Waals surface area contributed by atoms with Crippen LogP contribution in [0.5, 0.6) is 0 Å². The first-order valence-corrected chi connectivity index (χ1v) is 7.99. The SMILES string of the molecule is CCCCCC(CCCCC)Nc1cc(F)c(F)c(F)c1. The van der Waals surface area contributed by atoms with Crippen molar-refractivity contribution < 1.29 is 13.2 Å². The molecule has 0 saturated heterocycles. The average molecular weight is 301 g/mol. The maximum absolute atomic E-state index is 13.2. The van der Waals surface area contributed by atoms with Crippen LogP contribution < -0.4 is 5.32 Å². The van der Waals surface area contributed by atoms with Gasteiger partial charge in [-0.15, -0.1) is 0 Å². The summed E-state index contributed by atoms with van der Waals surface area (Å²) in [5.41, 5.74) is 0.324. The number of benzene rings is 1. The Morgan fingerprint density at radius 1 is 0.857 bits per heavy atom. The smallest absolute Gasteiger partial charge is 0.194 e. The molecule has 1 aromatic rings. The molecule has 0 spiro atoms. The van der Waals surface area contributed by atoms with Gasteiger partial charge >= 0.3 is 0 Å². The third-order valence-electron chi connectivity index (χ3n) is 3.67. The molecular weight excluding hydrogens is 275 g/mol. The van der Waals surface area contributed by atoms with Crippen molar-refractivity contribution in [3.8, 4) is 0 Å². The lowest BCUT2D eigenvalue weighted by atomic mass is 10.0. The largest absolute Gasteiger partial charge is 0.382 e. The van der Waals surface area contributed by atoms with Crippen LogP contribution in [0.1, 0.15) is 65.2 Å². The molecule has 0 amide bonds. The Morgan fingerprint density at radius 3 is 1.76 bits per heavy atom. The minimum absolute atomic E-state index is 0.187. The van der Waals surface area contributed by atoms with E-state index in [-0.39, 0.29) is 6.04 Å². The van der Waals surface area contributed by atoms with Gasteiger partial charge in [-0.2, -0.15) is 0 Å². The van der Waals surface area contributed by atoms with Crippen LogP contribution in [-0.4, -0.2) is 6.04 Å². The summed E-state index contributed by atoms with van der Waals surface area (Å²) in [6.45, 7) is 4.29. The van der Waals surface area contributed by atoms with E-state index < -0.39 is 17.5 Å². The Morgan fingerprint density at radius 2 is 1.33 bits per heavy atom. The fraction of sp³-hybridized carbons (Fsp3) is 0.647. The first-order chi connectivity index (χ1) is 10.1. The lowest BCUT2D eigenvalue weighted by Crippen LogP contribution is -2.20. The molecule has 0 radical (unpaired) electrons. The second-order valence-corrected chi connectivity index (χ2v) is 5.59. The van der Waals surface area contributed by atoms with Crippen LogP contribution in [0.3, 0.4) is 0 Å². The highest BCUT2D eigenvalue weighted by molar-refractivity contribution is 5.45. The first-order valence-electron chi connectivity index (χ1n) is 7.99. The summed E-state index contributed by atoms with van der Waals surface area (Å²) in [4.78, 5) is 0. The molecule has 0 unspecified atom stereocenters. The van der Waals surface area contributed by atoms with Gasteiger partial charge < -0.3 is 5.32 Å². The number of halogens is 3. The minimum atomic E-state index is -1.41. The lowest BCUT2D eigenvalue weighted by Gasteiger charge is -2.20. The van der Waals surface area contributed by atoms with Gasteiger partial charge in [0, 0.05) is 23.9 Å². The van der Waals surface area contributed by atoms with Crippen LogP contribution in [0.2, 0.25) is 0 Å². The molecule has 0 aromatic heterocycles. The third kappa shape index (κ3) is 6.40. The van der Waals surface area contributed by atoms with Crippen molar-refractivity contribution in [2.75, 3.05) is 5.32 Å². The van der Waals surface area contributed by atoms with Crippen LogP contribution in [0, 0.1) is 17.5 Å². The van der Waals surface area contributed by atoms with E-state index in [9.17, 15) is 13.2 Å². The summed E-state index contributed by atoms with van der Waals surface area (Å²) in [5, 5.41) is 3.16. The van der Waals surface area contributed by atoms with E-state index in [1.807, 2.05) is 0 Å². The van der Waals surface area contributed by atoms with Crippen molar-refractivity contribution in [1.29, 1.82) is 0 Å². The molecule has 1 aromatic carbocycles. The maximum Gasteiger partial charge on any atom is 0.194 e. The second-order valence-electron chi connectivity index (χ2n) is 5.59.